The van der Waals surface area contributed by atoms with Crippen molar-refractivity contribution < 1.29 is 13.5 Å². The van der Waals surface area contributed by atoms with Gasteiger partial charge in [0.15, 0.2) is 11.6 Å². The van der Waals surface area contributed by atoms with Gasteiger partial charge in [-0.25, -0.2) is 8.78 Å². The lowest BCUT2D eigenvalue weighted by Crippen LogP contribution is -2.06. The largest absolute Gasteiger partial charge is 0.486 e. The van der Waals surface area contributed by atoms with Gasteiger partial charge in [0.05, 0.1) is 4.47 Å². The third-order valence-corrected chi connectivity index (χ3v) is 3.78. The minimum Gasteiger partial charge on any atom is -0.486 e. The lowest BCUT2D eigenvalue weighted by Gasteiger charge is -2.11. The fraction of sp³-hybridized carbons (Fsp3) is 0.200. The lowest BCUT2D eigenvalue weighted by atomic mass is 10.1. The van der Waals surface area contributed by atoms with E-state index in [-0.39, 0.29) is 24.2 Å². The fourth-order valence-electron chi connectivity index (χ4n) is 1.73. The van der Waals surface area contributed by atoms with Gasteiger partial charge in [0.1, 0.15) is 12.4 Å². The summed E-state index contributed by atoms with van der Waals surface area (Å²) in [6, 6.07) is 8.98. The summed E-state index contributed by atoms with van der Waals surface area (Å²) < 4.78 is 32.9. The molecule has 2 rings (SSSR count). The van der Waals surface area contributed by atoms with Crippen molar-refractivity contribution in [2.24, 2.45) is 5.73 Å². The topological polar surface area (TPSA) is 35.2 Å². The molecule has 0 saturated carbocycles. The maximum Gasteiger partial charge on any atom is 0.165 e. The van der Waals surface area contributed by atoms with Crippen LogP contribution in [0.3, 0.4) is 0 Å². The van der Waals surface area contributed by atoms with Crippen LogP contribution in [0.25, 0.3) is 0 Å². The first-order valence-electron chi connectivity index (χ1n) is 6.09. The molecule has 2 nitrogen and oxygen atoms in total. The van der Waals surface area contributed by atoms with Crippen molar-refractivity contribution >= 4 is 15.9 Å². The van der Waals surface area contributed by atoms with E-state index in [1.807, 2.05) is 0 Å². The van der Waals surface area contributed by atoms with Crippen molar-refractivity contribution in [3.63, 3.8) is 0 Å². The van der Waals surface area contributed by atoms with Crippen molar-refractivity contribution in [1.29, 1.82) is 0 Å². The molecule has 0 bridgehead atoms. The van der Waals surface area contributed by atoms with Crippen LogP contribution in [0.4, 0.5) is 8.78 Å². The smallest absolute Gasteiger partial charge is 0.165 e. The van der Waals surface area contributed by atoms with E-state index < -0.39 is 5.82 Å². The number of benzene rings is 2. The molecule has 1 unspecified atom stereocenters. The molecule has 20 heavy (non-hydrogen) atoms. The summed E-state index contributed by atoms with van der Waals surface area (Å²) >= 11 is 3.14. The standard InChI is InChI=1S/C15H14BrF2NO/c1-9(19)10-5-6-14(13(18)7-10)20-8-11-3-2-4-12(17)15(11)16/h2-7,9H,8,19H2,1H3. The number of hydrogen-bond donors (Lipinski definition) is 1. The van der Waals surface area contributed by atoms with E-state index in [2.05, 4.69) is 15.9 Å². The van der Waals surface area contributed by atoms with Crippen LogP contribution in [0.2, 0.25) is 0 Å². The second-order valence-corrected chi connectivity index (χ2v) is 5.27. The van der Waals surface area contributed by atoms with E-state index in [4.69, 9.17) is 10.5 Å². The molecular weight excluding hydrogens is 328 g/mol. The molecule has 0 spiro atoms. The Morgan fingerprint density at radius 2 is 1.95 bits per heavy atom. The number of hydrogen-bond acceptors (Lipinski definition) is 2. The highest BCUT2D eigenvalue weighted by Crippen LogP contribution is 2.25. The quantitative estimate of drug-likeness (QED) is 0.898. The second-order valence-electron chi connectivity index (χ2n) is 4.48. The van der Waals surface area contributed by atoms with E-state index in [9.17, 15) is 8.78 Å². The lowest BCUT2D eigenvalue weighted by molar-refractivity contribution is 0.288. The fourth-order valence-corrected chi connectivity index (χ4v) is 2.11. The molecule has 0 heterocycles. The van der Waals surface area contributed by atoms with E-state index in [1.165, 1.54) is 18.2 Å². The van der Waals surface area contributed by atoms with Crippen LogP contribution in [0.15, 0.2) is 40.9 Å². The molecule has 2 N–H and O–H groups in total. The average Bonchev–Trinajstić information content (AvgIpc) is 2.41. The first-order chi connectivity index (χ1) is 9.49. The molecule has 2 aromatic carbocycles. The molecule has 0 aliphatic heterocycles. The molecule has 0 saturated heterocycles. The zero-order valence-electron chi connectivity index (χ0n) is 10.9. The summed E-state index contributed by atoms with van der Waals surface area (Å²) in [6.07, 6.45) is 0. The third kappa shape index (κ3) is 3.35. The Balaban J connectivity index is 2.13. The van der Waals surface area contributed by atoms with Crippen molar-refractivity contribution in [2.75, 3.05) is 0 Å². The third-order valence-electron chi connectivity index (χ3n) is 2.90. The summed E-state index contributed by atoms with van der Waals surface area (Å²) in [5, 5.41) is 0. The molecule has 1 atom stereocenters. The van der Waals surface area contributed by atoms with E-state index in [0.717, 1.165) is 0 Å². The van der Waals surface area contributed by atoms with Gasteiger partial charge >= 0.3 is 0 Å². The van der Waals surface area contributed by atoms with Gasteiger partial charge in [0, 0.05) is 11.6 Å². The molecule has 0 aliphatic rings. The monoisotopic (exact) mass is 341 g/mol. The first-order valence-corrected chi connectivity index (χ1v) is 6.89. The Bertz CT molecular complexity index is 617. The van der Waals surface area contributed by atoms with Crippen LogP contribution in [-0.2, 0) is 6.61 Å². The molecule has 5 heteroatoms. The zero-order chi connectivity index (χ0) is 14.7. The van der Waals surface area contributed by atoms with Crippen molar-refractivity contribution in [2.45, 2.75) is 19.6 Å². The molecular formula is C15H14BrF2NO. The number of ether oxygens (including phenoxy) is 1. The molecule has 0 radical (unpaired) electrons. The summed E-state index contributed by atoms with van der Waals surface area (Å²) in [7, 11) is 0. The Morgan fingerprint density at radius 1 is 1.20 bits per heavy atom. The molecule has 0 aromatic heterocycles. The van der Waals surface area contributed by atoms with Crippen molar-refractivity contribution in [1.82, 2.24) is 0 Å². The Kier molecular flexibility index (Phi) is 4.73. The van der Waals surface area contributed by atoms with Crippen LogP contribution < -0.4 is 10.5 Å². The normalized spacial score (nSPS) is 12.2. The average molecular weight is 342 g/mol. The highest BCUT2D eigenvalue weighted by atomic mass is 79.9. The highest BCUT2D eigenvalue weighted by Gasteiger charge is 2.10. The summed E-state index contributed by atoms with van der Waals surface area (Å²) in [6.45, 7) is 1.85. The minimum atomic E-state index is -0.479. The maximum absolute atomic E-state index is 13.8. The van der Waals surface area contributed by atoms with Gasteiger partial charge in [0.2, 0.25) is 0 Å². The molecule has 0 amide bonds. The minimum absolute atomic E-state index is 0.0762. The Hall–Kier alpha value is -1.46. The highest BCUT2D eigenvalue weighted by molar-refractivity contribution is 9.10. The summed E-state index contributed by atoms with van der Waals surface area (Å²) in [5.41, 5.74) is 6.99. The summed E-state index contributed by atoms with van der Waals surface area (Å²) in [5.74, 6) is -0.739. The van der Waals surface area contributed by atoms with Gasteiger partial charge in [-0.2, -0.15) is 0 Å². The van der Waals surface area contributed by atoms with E-state index in [1.54, 1.807) is 25.1 Å². The molecule has 0 fully saturated rings. The molecule has 106 valence electrons. The van der Waals surface area contributed by atoms with Crippen molar-refractivity contribution in [3.05, 3.63) is 63.6 Å². The first kappa shape index (κ1) is 14.9. The predicted octanol–water partition coefficient (Wildman–Crippen LogP) is 4.33. The predicted molar refractivity (Wildman–Crippen MR) is 77.4 cm³/mol. The summed E-state index contributed by atoms with van der Waals surface area (Å²) in [4.78, 5) is 0. The number of halogens is 3. The van der Waals surface area contributed by atoms with Gasteiger partial charge in [0.25, 0.3) is 0 Å². The van der Waals surface area contributed by atoms with Crippen LogP contribution in [0.5, 0.6) is 5.75 Å². The van der Waals surface area contributed by atoms with Gasteiger partial charge in [-0.05, 0) is 46.6 Å². The van der Waals surface area contributed by atoms with Gasteiger partial charge in [-0.3, -0.25) is 0 Å². The van der Waals surface area contributed by atoms with Gasteiger partial charge in [-0.1, -0.05) is 18.2 Å². The van der Waals surface area contributed by atoms with E-state index >= 15 is 0 Å². The maximum atomic E-state index is 13.8. The Labute approximate surface area is 124 Å². The van der Waals surface area contributed by atoms with Gasteiger partial charge in [-0.15, -0.1) is 0 Å². The second kappa shape index (κ2) is 6.33. The van der Waals surface area contributed by atoms with Crippen LogP contribution in [0.1, 0.15) is 24.1 Å². The molecule has 0 aliphatic carbocycles. The Morgan fingerprint density at radius 3 is 2.60 bits per heavy atom. The van der Waals surface area contributed by atoms with Crippen molar-refractivity contribution in [3.8, 4) is 5.75 Å². The van der Waals surface area contributed by atoms with Crippen LogP contribution in [-0.4, -0.2) is 0 Å². The SMILES string of the molecule is CC(N)c1ccc(OCc2cccc(F)c2Br)c(F)c1. The molecule has 2 aromatic rings. The van der Waals surface area contributed by atoms with Gasteiger partial charge < -0.3 is 10.5 Å². The van der Waals surface area contributed by atoms with Crippen LogP contribution in [0, 0.1) is 11.6 Å². The number of nitrogens with two attached hydrogens (primary N) is 1. The number of rotatable bonds is 4. The van der Waals surface area contributed by atoms with Crippen LogP contribution >= 0.6 is 15.9 Å². The van der Waals surface area contributed by atoms with E-state index in [0.29, 0.717) is 15.6 Å². The zero-order valence-corrected chi connectivity index (χ0v) is 12.5.